The zero-order valence-corrected chi connectivity index (χ0v) is 4.64. The van der Waals surface area contributed by atoms with E-state index in [0.717, 1.165) is 6.29 Å². The molecule has 0 atom stereocenters. The molecule has 0 saturated carbocycles. The lowest BCUT2D eigenvalue weighted by Crippen LogP contribution is -2.06. The highest BCUT2D eigenvalue weighted by atomic mass is 16.1. The molecule has 1 heteroatoms. The van der Waals surface area contributed by atoms with Crippen molar-refractivity contribution in [1.29, 1.82) is 0 Å². The minimum Gasteiger partial charge on any atom is -0.302 e. The summed E-state index contributed by atoms with van der Waals surface area (Å²) >= 11 is 0. The molecule has 0 bridgehead atoms. The molecule has 0 unspecified atom stereocenters. The Bertz CT molecular complexity index is 72.2. The average molecular weight is 97.1 g/mol. The van der Waals surface area contributed by atoms with Gasteiger partial charge in [-0.15, -0.1) is 0 Å². The molecular weight excluding hydrogens is 88.1 g/mol. The summed E-state index contributed by atoms with van der Waals surface area (Å²) in [5, 5.41) is 0. The zero-order chi connectivity index (χ0) is 5.91. The maximum absolute atomic E-state index is 9.95. The van der Waals surface area contributed by atoms with Gasteiger partial charge < -0.3 is 4.79 Å². The molecule has 0 aliphatic rings. The second kappa shape index (κ2) is 1.92. The van der Waals surface area contributed by atoms with Crippen LogP contribution in [0.3, 0.4) is 0 Å². The lowest BCUT2D eigenvalue weighted by molar-refractivity contribution is -0.112. The van der Waals surface area contributed by atoms with Crippen molar-refractivity contribution in [3.05, 3.63) is 12.7 Å². The van der Waals surface area contributed by atoms with E-state index in [1.54, 1.807) is 13.8 Å². The maximum Gasteiger partial charge on any atom is 0.129 e. The number of allylic oxidation sites excluding steroid dienone is 1. The Morgan fingerprint density at radius 2 is 2.00 bits per heavy atom. The molecule has 1 nitrogen and oxygen atoms in total. The van der Waals surface area contributed by atoms with Crippen LogP contribution in [0.2, 0.25) is 0 Å². The largest absolute Gasteiger partial charge is 0.302 e. The predicted octanol–water partition coefficient (Wildman–Crippen LogP) is 1.20. The van der Waals surface area contributed by atoms with Crippen LogP contribution in [0.25, 0.3) is 0 Å². The molecule has 0 aliphatic carbocycles. The van der Waals surface area contributed by atoms with E-state index >= 15 is 0 Å². The summed E-state index contributed by atoms with van der Waals surface area (Å²) in [7, 11) is 0. The monoisotopic (exact) mass is 97.1 g/mol. The lowest BCUT2D eigenvalue weighted by Gasteiger charge is -2.06. The predicted molar refractivity (Wildman–Crippen MR) is 28.7 cm³/mol. The first kappa shape index (κ1) is 6.41. The van der Waals surface area contributed by atoms with Crippen LogP contribution in [0.5, 0.6) is 0 Å². The summed E-state index contributed by atoms with van der Waals surface area (Å²) in [5.74, 6) is 0. The summed E-state index contributed by atoms with van der Waals surface area (Å²) in [5.41, 5.74) is -0.444. The van der Waals surface area contributed by atoms with Crippen LogP contribution in [-0.2, 0) is 4.79 Å². The van der Waals surface area contributed by atoms with Crippen molar-refractivity contribution in [3.63, 3.8) is 0 Å². The van der Waals surface area contributed by atoms with Gasteiger partial charge in [-0.25, -0.2) is 0 Å². The third-order valence-electron chi connectivity index (χ3n) is 0.733. The van der Waals surface area contributed by atoms with Gasteiger partial charge in [0.05, 0.1) is 0 Å². The third kappa shape index (κ3) is 2.15. The van der Waals surface area contributed by atoms with Crippen molar-refractivity contribution < 1.29 is 4.79 Å². The molecule has 0 saturated heterocycles. The van der Waals surface area contributed by atoms with Crippen LogP contribution in [-0.4, -0.2) is 6.29 Å². The SMILES string of the molecule is [CH]=CC(C)(C)C=O. The first-order valence-electron chi connectivity index (χ1n) is 2.15. The molecule has 0 rings (SSSR count). The van der Waals surface area contributed by atoms with Gasteiger partial charge in [0.25, 0.3) is 0 Å². The molecule has 1 radical (unpaired) electrons. The molecule has 0 spiro atoms. The van der Waals surface area contributed by atoms with E-state index in [-0.39, 0.29) is 0 Å². The van der Waals surface area contributed by atoms with Crippen LogP contribution in [0.4, 0.5) is 0 Å². The number of hydrogen-bond donors (Lipinski definition) is 0. The van der Waals surface area contributed by atoms with Gasteiger partial charge in [0.2, 0.25) is 0 Å². The fourth-order valence-electron chi connectivity index (χ4n) is 0.0393. The van der Waals surface area contributed by atoms with Crippen LogP contribution < -0.4 is 0 Å². The standard InChI is InChI=1S/C6H9O/c1-4-6(2,3)5-7/h1,4-5H,2-3H3. The lowest BCUT2D eigenvalue weighted by atomic mass is 9.97. The summed E-state index contributed by atoms with van der Waals surface area (Å²) in [6, 6.07) is 0. The molecular formula is C6H9O. The van der Waals surface area contributed by atoms with Crippen molar-refractivity contribution in [2.75, 3.05) is 0 Å². The zero-order valence-electron chi connectivity index (χ0n) is 4.64. The highest BCUT2D eigenvalue weighted by Crippen LogP contribution is 2.09. The quantitative estimate of drug-likeness (QED) is 0.473. The molecule has 39 valence electrons. The van der Waals surface area contributed by atoms with Crippen LogP contribution in [0, 0.1) is 12.0 Å². The van der Waals surface area contributed by atoms with E-state index in [1.165, 1.54) is 6.08 Å². The minimum absolute atomic E-state index is 0.444. The smallest absolute Gasteiger partial charge is 0.129 e. The van der Waals surface area contributed by atoms with E-state index in [1.807, 2.05) is 0 Å². The molecule has 0 aromatic rings. The number of aldehydes is 1. The van der Waals surface area contributed by atoms with Gasteiger partial charge in [-0.1, -0.05) is 12.7 Å². The maximum atomic E-state index is 9.95. The van der Waals surface area contributed by atoms with Gasteiger partial charge in [0.1, 0.15) is 6.29 Å². The Morgan fingerprint density at radius 1 is 1.57 bits per heavy atom. The number of hydrogen-bond acceptors (Lipinski definition) is 1. The second-order valence-electron chi connectivity index (χ2n) is 2.11. The Balaban J connectivity index is 3.82. The molecule has 0 aromatic heterocycles. The van der Waals surface area contributed by atoms with Gasteiger partial charge >= 0.3 is 0 Å². The van der Waals surface area contributed by atoms with E-state index in [0.29, 0.717) is 0 Å². The first-order chi connectivity index (χ1) is 3.12. The van der Waals surface area contributed by atoms with Gasteiger partial charge in [-0.2, -0.15) is 0 Å². The number of rotatable bonds is 2. The topological polar surface area (TPSA) is 17.1 Å². The van der Waals surface area contributed by atoms with Gasteiger partial charge in [0, 0.05) is 5.41 Å². The normalized spacial score (nSPS) is 10.6. The summed E-state index contributed by atoms with van der Waals surface area (Å²) in [6.07, 6.45) is 2.19. The summed E-state index contributed by atoms with van der Waals surface area (Å²) in [6.45, 7) is 8.56. The Morgan fingerprint density at radius 3 is 2.00 bits per heavy atom. The fourth-order valence-corrected chi connectivity index (χ4v) is 0.0393. The van der Waals surface area contributed by atoms with Gasteiger partial charge in [-0.05, 0) is 13.8 Å². The van der Waals surface area contributed by atoms with Crippen molar-refractivity contribution in [1.82, 2.24) is 0 Å². The van der Waals surface area contributed by atoms with E-state index in [2.05, 4.69) is 0 Å². The fraction of sp³-hybridized carbons (Fsp3) is 0.500. The van der Waals surface area contributed by atoms with E-state index < -0.39 is 5.41 Å². The molecule has 7 heavy (non-hydrogen) atoms. The molecule has 0 heterocycles. The van der Waals surface area contributed by atoms with Crippen molar-refractivity contribution in [3.8, 4) is 0 Å². The van der Waals surface area contributed by atoms with Crippen molar-refractivity contribution in [2.45, 2.75) is 13.8 Å². The highest BCUT2D eigenvalue weighted by Gasteiger charge is 2.08. The van der Waals surface area contributed by atoms with Crippen molar-refractivity contribution >= 4 is 6.29 Å². The number of carbonyl (C=O) groups excluding carboxylic acids is 1. The summed E-state index contributed by atoms with van der Waals surface area (Å²) < 4.78 is 0. The average Bonchev–Trinajstić information content (AvgIpc) is 1.68. The molecule has 0 fully saturated rings. The number of carbonyl (C=O) groups is 1. The molecule has 0 N–H and O–H groups in total. The van der Waals surface area contributed by atoms with Crippen LogP contribution >= 0.6 is 0 Å². The molecule has 0 aromatic carbocycles. The Hall–Kier alpha value is -0.590. The van der Waals surface area contributed by atoms with Crippen LogP contribution in [0.1, 0.15) is 13.8 Å². The Labute approximate surface area is 44.0 Å². The first-order valence-corrected chi connectivity index (χ1v) is 2.15. The third-order valence-corrected chi connectivity index (χ3v) is 0.733. The van der Waals surface area contributed by atoms with Gasteiger partial charge in [0.15, 0.2) is 0 Å². The molecule has 0 aliphatic heterocycles. The van der Waals surface area contributed by atoms with Crippen molar-refractivity contribution in [2.24, 2.45) is 5.41 Å². The highest BCUT2D eigenvalue weighted by molar-refractivity contribution is 5.60. The van der Waals surface area contributed by atoms with Gasteiger partial charge in [-0.3, -0.25) is 0 Å². The van der Waals surface area contributed by atoms with E-state index in [4.69, 9.17) is 6.58 Å². The summed E-state index contributed by atoms with van der Waals surface area (Å²) in [4.78, 5) is 9.95. The minimum atomic E-state index is -0.444. The van der Waals surface area contributed by atoms with Crippen LogP contribution in [0.15, 0.2) is 6.08 Å². The molecule has 0 amide bonds. The van der Waals surface area contributed by atoms with E-state index in [9.17, 15) is 4.79 Å². The Kier molecular flexibility index (Phi) is 1.75. The second-order valence-corrected chi connectivity index (χ2v) is 2.11.